The van der Waals surface area contributed by atoms with Gasteiger partial charge in [0.05, 0.1) is 17.4 Å². The van der Waals surface area contributed by atoms with Crippen molar-refractivity contribution < 1.29 is 9.32 Å². The molecule has 2 N–H and O–H groups in total. The van der Waals surface area contributed by atoms with Gasteiger partial charge in [-0.3, -0.25) is 4.79 Å². The fourth-order valence-electron chi connectivity index (χ4n) is 1.77. The quantitative estimate of drug-likeness (QED) is 0.724. The highest BCUT2D eigenvalue weighted by atomic mass is 16.5. The molecule has 0 unspecified atom stereocenters. The van der Waals surface area contributed by atoms with Crippen molar-refractivity contribution >= 4 is 16.9 Å². The van der Waals surface area contributed by atoms with E-state index in [1.54, 1.807) is 24.5 Å². The van der Waals surface area contributed by atoms with Crippen LogP contribution in [0.3, 0.4) is 0 Å². The monoisotopic (exact) mass is 257 g/mol. The summed E-state index contributed by atoms with van der Waals surface area (Å²) in [5, 5.41) is 6.47. The summed E-state index contributed by atoms with van der Waals surface area (Å²) in [4.78, 5) is 22.9. The largest absolute Gasteiger partial charge is 0.352 e. The van der Waals surface area contributed by atoms with Gasteiger partial charge in [0.25, 0.3) is 5.91 Å². The Balaban J connectivity index is 1.63. The van der Waals surface area contributed by atoms with Gasteiger partial charge in [0.2, 0.25) is 6.39 Å². The lowest BCUT2D eigenvalue weighted by Gasteiger charge is -2.03. The minimum Gasteiger partial charge on any atom is -0.352 e. The molecule has 0 aliphatic heterocycles. The van der Waals surface area contributed by atoms with Crippen LogP contribution in [-0.2, 0) is 6.42 Å². The average molecular weight is 257 g/mol. The first-order valence-electron chi connectivity index (χ1n) is 5.79. The summed E-state index contributed by atoms with van der Waals surface area (Å²) in [6, 6.07) is 5.32. The van der Waals surface area contributed by atoms with Gasteiger partial charge in [0, 0.05) is 18.5 Å². The molecule has 19 heavy (non-hydrogen) atoms. The lowest BCUT2D eigenvalue weighted by atomic mass is 10.2. The molecule has 0 radical (unpaired) electrons. The van der Waals surface area contributed by atoms with Crippen LogP contribution in [0.4, 0.5) is 0 Å². The number of H-pyrrole nitrogens is 1. The van der Waals surface area contributed by atoms with Crippen LogP contribution in [0.1, 0.15) is 16.2 Å². The van der Waals surface area contributed by atoms with Gasteiger partial charge in [-0.05, 0) is 18.2 Å². The number of aromatic nitrogens is 4. The molecule has 0 aliphatic rings. The third kappa shape index (κ3) is 2.44. The Morgan fingerprint density at radius 1 is 1.37 bits per heavy atom. The Bertz CT molecular complexity index is 689. The number of nitrogens with one attached hydrogen (secondary N) is 2. The summed E-state index contributed by atoms with van der Waals surface area (Å²) >= 11 is 0. The fourth-order valence-corrected chi connectivity index (χ4v) is 1.77. The van der Waals surface area contributed by atoms with E-state index in [-0.39, 0.29) is 5.91 Å². The molecule has 0 bridgehead atoms. The molecular weight excluding hydrogens is 246 g/mol. The first-order chi connectivity index (χ1) is 9.33. The number of rotatable bonds is 4. The molecule has 1 amide bonds. The first kappa shape index (κ1) is 11.4. The van der Waals surface area contributed by atoms with Crippen molar-refractivity contribution in [2.75, 3.05) is 6.54 Å². The molecule has 2 heterocycles. The molecule has 1 aromatic carbocycles. The maximum Gasteiger partial charge on any atom is 0.251 e. The summed E-state index contributed by atoms with van der Waals surface area (Å²) in [5.74, 6) is 0.435. The molecular formula is C12H11N5O2. The van der Waals surface area contributed by atoms with Crippen molar-refractivity contribution in [1.82, 2.24) is 25.4 Å². The summed E-state index contributed by atoms with van der Waals surface area (Å²) in [7, 11) is 0. The van der Waals surface area contributed by atoms with Crippen LogP contribution < -0.4 is 5.32 Å². The van der Waals surface area contributed by atoms with Gasteiger partial charge in [-0.2, -0.15) is 4.98 Å². The Labute approximate surface area is 108 Å². The molecule has 0 spiro atoms. The minimum atomic E-state index is -0.139. The molecule has 3 aromatic rings. The smallest absolute Gasteiger partial charge is 0.251 e. The van der Waals surface area contributed by atoms with E-state index in [2.05, 4.69) is 29.9 Å². The molecule has 96 valence electrons. The van der Waals surface area contributed by atoms with Crippen LogP contribution in [0.15, 0.2) is 35.4 Å². The normalized spacial score (nSPS) is 10.7. The topological polar surface area (TPSA) is 96.7 Å². The van der Waals surface area contributed by atoms with Crippen molar-refractivity contribution in [3.05, 3.63) is 42.3 Å². The minimum absolute atomic E-state index is 0.139. The van der Waals surface area contributed by atoms with Crippen molar-refractivity contribution in [2.24, 2.45) is 0 Å². The molecule has 0 fully saturated rings. The maximum absolute atomic E-state index is 11.9. The standard InChI is InChI=1S/C12H11N5O2/c18-12(13-4-3-11-16-7-19-17-11)8-1-2-9-10(5-8)15-6-14-9/h1-2,5-7H,3-4H2,(H,13,18)(H,14,15). The van der Waals surface area contributed by atoms with Gasteiger partial charge < -0.3 is 14.8 Å². The molecule has 7 heteroatoms. The van der Waals surface area contributed by atoms with E-state index in [9.17, 15) is 4.79 Å². The summed E-state index contributed by atoms with van der Waals surface area (Å²) < 4.78 is 4.61. The van der Waals surface area contributed by atoms with E-state index in [0.29, 0.717) is 24.4 Å². The van der Waals surface area contributed by atoms with E-state index in [1.807, 2.05) is 0 Å². The molecule has 7 nitrogen and oxygen atoms in total. The van der Waals surface area contributed by atoms with Crippen LogP contribution in [-0.4, -0.2) is 32.6 Å². The number of fused-ring (bicyclic) bond motifs is 1. The highest BCUT2D eigenvalue weighted by molar-refractivity contribution is 5.97. The van der Waals surface area contributed by atoms with Gasteiger partial charge in [-0.25, -0.2) is 4.98 Å². The SMILES string of the molecule is O=C(NCCc1ncon1)c1ccc2nc[nH]c2c1. The Morgan fingerprint density at radius 3 is 3.16 bits per heavy atom. The lowest BCUT2D eigenvalue weighted by molar-refractivity contribution is 0.0954. The molecule has 0 atom stereocenters. The molecule has 0 aliphatic carbocycles. The van der Waals surface area contributed by atoms with Crippen molar-refractivity contribution in [2.45, 2.75) is 6.42 Å². The van der Waals surface area contributed by atoms with Gasteiger partial charge >= 0.3 is 0 Å². The maximum atomic E-state index is 11.9. The summed E-state index contributed by atoms with van der Waals surface area (Å²) in [5.41, 5.74) is 2.26. The predicted molar refractivity (Wildman–Crippen MR) is 66.4 cm³/mol. The van der Waals surface area contributed by atoms with Gasteiger partial charge in [-0.15, -0.1) is 0 Å². The number of amides is 1. The van der Waals surface area contributed by atoms with Crippen molar-refractivity contribution in [1.29, 1.82) is 0 Å². The summed E-state index contributed by atoms with van der Waals surface area (Å²) in [6.45, 7) is 0.458. The lowest BCUT2D eigenvalue weighted by Crippen LogP contribution is -2.25. The number of carbonyl (C=O) groups is 1. The molecule has 3 rings (SSSR count). The number of hydrogen-bond acceptors (Lipinski definition) is 5. The molecule has 0 saturated heterocycles. The van der Waals surface area contributed by atoms with Crippen LogP contribution in [0.25, 0.3) is 11.0 Å². The van der Waals surface area contributed by atoms with E-state index < -0.39 is 0 Å². The number of imidazole rings is 1. The van der Waals surface area contributed by atoms with Crippen LogP contribution in [0.2, 0.25) is 0 Å². The zero-order valence-electron chi connectivity index (χ0n) is 9.96. The second-order valence-electron chi connectivity index (χ2n) is 3.99. The number of nitrogens with zero attached hydrogens (tertiary/aromatic N) is 3. The van der Waals surface area contributed by atoms with Gasteiger partial charge in [-0.1, -0.05) is 5.16 Å². The average Bonchev–Trinajstić information content (AvgIpc) is 3.08. The van der Waals surface area contributed by atoms with Crippen molar-refractivity contribution in [3.8, 4) is 0 Å². The zero-order valence-corrected chi connectivity index (χ0v) is 9.96. The van der Waals surface area contributed by atoms with Gasteiger partial charge in [0.15, 0.2) is 5.82 Å². The summed E-state index contributed by atoms with van der Waals surface area (Å²) in [6.07, 6.45) is 3.40. The van der Waals surface area contributed by atoms with E-state index in [4.69, 9.17) is 0 Å². The van der Waals surface area contributed by atoms with E-state index in [1.165, 1.54) is 6.39 Å². The number of benzene rings is 1. The second kappa shape index (κ2) is 4.89. The Morgan fingerprint density at radius 2 is 2.32 bits per heavy atom. The third-order valence-corrected chi connectivity index (χ3v) is 2.72. The highest BCUT2D eigenvalue weighted by Crippen LogP contribution is 2.11. The highest BCUT2D eigenvalue weighted by Gasteiger charge is 2.07. The third-order valence-electron chi connectivity index (χ3n) is 2.72. The van der Waals surface area contributed by atoms with E-state index >= 15 is 0 Å². The number of carbonyl (C=O) groups excluding carboxylic acids is 1. The Hall–Kier alpha value is -2.70. The Kier molecular flexibility index (Phi) is 2.93. The van der Waals surface area contributed by atoms with E-state index in [0.717, 1.165) is 11.0 Å². The number of hydrogen-bond donors (Lipinski definition) is 2. The number of aromatic amines is 1. The predicted octanol–water partition coefficient (Wildman–Crippen LogP) is 0.918. The fraction of sp³-hybridized carbons (Fsp3) is 0.167. The van der Waals surface area contributed by atoms with Crippen LogP contribution in [0, 0.1) is 0 Å². The van der Waals surface area contributed by atoms with Crippen LogP contribution in [0.5, 0.6) is 0 Å². The first-order valence-corrected chi connectivity index (χ1v) is 5.79. The van der Waals surface area contributed by atoms with Crippen molar-refractivity contribution in [3.63, 3.8) is 0 Å². The second-order valence-corrected chi connectivity index (χ2v) is 3.99. The van der Waals surface area contributed by atoms with Crippen LogP contribution >= 0.6 is 0 Å². The zero-order chi connectivity index (χ0) is 13.1. The molecule has 2 aromatic heterocycles. The van der Waals surface area contributed by atoms with Gasteiger partial charge in [0.1, 0.15) is 0 Å². The molecule has 0 saturated carbocycles.